The van der Waals surface area contributed by atoms with E-state index in [4.69, 9.17) is 0 Å². The first-order valence-electron chi connectivity index (χ1n) is 6.32. The molecule has 2 aliphatic rings. The minimum Gasteiger partial charge on any atom is -0.316 e. The van der Waals surface area contributed by atoms with Gasteiger partial charge in [0.1, 0.15) is 0 Å². The lowest BCUT2D eigenvalue weighted by Crippen LogP contribution is -2.41. The molecule has 88 valence electrons. The minimum atomic E-state index is 0.829. The number of rotatable bonds is 3. The van der Waals surface area contributed by atoms with Crippen molar-refractivity contribution >= 4 is 11.8 Å². The van der Waals surface area contributed by atoms with Crippen LogP contribution in [0.2, 0.25) is 0 Å². The summed E-state index contributed by atoms with van der Waals surface area (Å²) in [5, 5.41) is 5.11. The van der Waals surface area contributed by atoms with Gasteiger partial charge in [-0.3, -0.25) is 0 Å². The second kappa shape index (κ2) is 5.55. The number of nitrogens with zero attached hydrogens (tertiary/aromatic N) is 1. The highest BCUT2D eigenvalue weighted by Crippen LogP contribution is 2.25. The fourth-order valence-corrected chi connectivity index (χ4v) is 4.18. The molecule has 2 fully saturated rings. The highest BCUT2D eigenvalue weighted by molar-refractivity contribution is 8.00. The Morgan fingerprint density at radius 2 is 2.00 bits per heavy atom. The molecule has 2 heterocycles. The average Bonchev–Trinajstić information content (AvgIpc) is 2.65. The molecule has 0 aromatic heterocycles. The smallest absolute Gasteiger partial charge is 0.0149 e. The van der Waals surface area contributed by atoms with E-state index >= 15 is 0 Å². The first-order chi connectivity index (χ1) is 7.24. The van der Waals surface area contributed by atoms with Crippen LogP contribution in [0.4, 0.5) is 0 Å². The normalized spacial score (nSPS) is 38.4. The van der Waals surface area contributed by atoms with Crippen LogP contribution in [0.15, 0.2) is 0 Å². The summed E-state index contributed by atoms with van der Waals surface area (Å²) in [7, 11) is 0. The molecule has 0 saturated carbocycles. The van der Waals surface area contributed by atoms with Crippen LogP contribution in [-0.4, -0.2) is 48.1 Å². The van der Waals surface area contributed by atoms with Gasteiger partial charge in [-0.05, 0) is 38.4 Å². The molecule has 3 heteroatoms. The number of hydrogen-bond acceptors (Lipinski definition) is 3. The second-order valence-electron chi connectivity index (χ2n) is 5.16. The maximum absolute atomic E-state index is 3.45. The summed E-state index contributed by atoms with van der Waals surface area (Å²) in [4.78, 5) is 2.67. The van der Waals surface area contributed by atoms with Crippen LogP contribution >= 0.6 is 11.8 Å². The van der Waals surface area contributed by atoms with Crippen LogP contribution in [0.25, 0.3) is 0 Å². The van der Waals surface area contributed by atoms with Crippen molar-refractivity contribution in [3.63, 3.8) is 0 Å². The van der Waals surface area contributed by atoms with E-state index in [1.807, 2.05) is 0 Å². The van der Waals surface area contributed by atoms with Crippen molar-refractivity contribution in [2.75, 3.05) is 32.7 Å². The first-order valence-corrected chi connectivity index (χ1v) is 7.27. The van der Waals surface area contributed by atoms with Gasteiger partial charge in [-0.2, -0.15) is 11.8 Å². The Labute approximate surface area is 98.2 Å². The molecule has 3 atom stereocenters. The lowest BCUT2D eigenvalue weighted by molar-refractivity contribution is 0.252. The minimum absolute atomic E-state index is 0.829. The maximum Gasteiger partial charge on any atom is 0.0149 e. The molecule has 0 amide bonds. The molecule has 0 aromatic carbocycles. The molecule has 2 aliphatic heterocycles. The summed E-state index contributed by atoms with van der Waals surface area (Å²) < 4.78 is 0. The largest absolute Gasteiger partial charge is 0.316 e. The molecule has 15 heavy (non-hydrogen) atoms. The molecule has 2 nitrogen and oxygen atoms in total. The summed E-state index contributed by atoms with van der Waals surface area (Å²) in [6, 6.07) is 0. The summed E-state index contributed by atoms with van der Waals surface area (Å²) in [5.41, 5.74) is 0. The standard InChI is InChI=1S/C12H24N2S/c1-10-8-14(9-11(2)15-10)6-4-12-3-5-13-7-12/h10-13H,3-9H2,1-2H3. The van der Waals surface area contributed by atoms with Gasteiger partial charge in [0.15, 0.2) is 0 Å². The molecule has 2 saturated heterocycles. The summed E-state index contributed by atoms with van der Waals surface area (Å²) >= 11 is 2.15. The average molecular weight is 228 g/mol. The van der Waals surface area contributed by atoms with Crippen LogP contribution in [0, 0.1) is 5.92 Å². The molecule has 1 N–H and O–H groups in total. The van der Waals surface area contributed by atoms with E-state index in [0.29, 0.717) is 0 Å². The first kappa shape index (κ1) is 11.7. The van der Waals surface area contributed by atoms with E-state index in [-0.39, 0.29) is 0 Å². The highest BCUT2D eigenvalue weighted by Gasteiger charge is 2.23. The lowest BCUT2D eigenvalue weighted by atomic mass is 10.0. The third-order valence-electron chi connectivity index (χ3n) is 3.51. The van der Waals surface area contributed by atoms with E-state index in [9.17, 15) is 0 Å². The van der Waals surface area contributed by atoms with E-state index in [1.54, 1.807) is 0 Å². The third-order valence-corrected chi connectivity index (χ3v) is 4.74. The molecular weight excluding hydrogens is 204 g/mol. The zero-order valence-electron chi connectivity index (χ0n) is 10.0. The van der Waals surface area contributed by atoms with E-state index in [1.165, 1.54) is 45.6 Å². The third kappa shape index (κ3) is 3.65. The summed E-state index contributed by atoms with van der Waals surface area (Å²) in [6.45, 7) is 11.2. The van der Waals surface area contributed by atoms with Gasteiger partial charge in [0.25, 0.3) is 0 Å². The molecule has 3 unspecified atom stereocenters. The van der Waals surface area contributed by atoms with Gasteiger partial charge in [-0.25, -0.2) is 0 Å². The van der Waals surface area contributed by atoms with Crippen LogP contribution in [0.1, 0.15) is 26.7 Å². The molecule has 0 radical (unpaired) electrons. The Bertz CT molecular complexity index is 182. The van der Waals surface area contributed by atoms with Crippen molar-refractivity contribution < 1.29 is 0 Å². The predicted molar refractivity (Wildman–Crippen MR) is 68.5 cm³/mol. The van der Waals surface area contributed by atoms with Gasteiger partial charge in [0.05, 0.1) is 0 Å². The van der Waals surface area contributed by atoms with Crippen LogP contribution in [0.5, 0.6) is 0 Å². The Morgan fingerprint density at radius 1 is 1.27 bits per heavy atom. The molecule has 0 aromatic rings. The second-order valence-corrected chi connectivity index (χ2v) is 7.05. The zero-order valence-corrected chi connectivity index (χ0v) is 10.9. The summed E-state index contributed by atoms with van der Waals surface area (Å²) in [6.07, 6.45) is 2.80. The topological polar surface area (TPSA) is 15.3 Å². The van der Waals surface area contributed by atoms with Crippen LogP contribution in [0.3, 0.4) is 0 Å². The SMILES string of the molecule is CC1CN(CCC2CCNC2)CC(C)S1. The molecular formula is C12H24N2S. The van der Waals surface area contributed by atoms with Crippen molar-refractivity contribution in [3.8, 4) is 0 Å². The van der Waals surface area contributed by atoms with Crippen molar-refractivity contribution in [2.24, 2.45) is 5.92 Å². The molecule has 0 spiro atoms. The monoisotopic (exact) mass is 228 g/mol. The zero-order chi connectivity index (χ0) is 10.7. The number of nitrogens with one attached hydrogen (secondary N) is 1. The Kier molecular flexibility index (Phi) is 4.35. The maximum atomic E-state index is 3.45. The molecule has 0 aliphatic carbocycles. The van der Waals surface area contributed by atoms with Gasteiger partial charge < -0.3 is 10.2 Å². The lowest BCUT2D eigenvalue weighted by Gasteiger charge is -2.35. The summed E-state index contributed by atoms with van der Waals surface area (Å²) in [5.74, 6) is 0.949. The van der Waals surface area contributed by atoms with Crippen molar-refractivity contribution in [1.29, 1.82) is 0 Å². The molecule has 2 rings (SSSR count). The van der Waals surface area contributed by atoms with E-state index in [0.717, 1.165) is 16.4 Å². The van der Waals surface area contributed by atoms with Crippen molar-refractivity contribution in [2.45, 2.75) is 37.2 Å². The van der Waals surface area contributed by atoms with Crippen LogP contribution in [-0.2, 0) is 0 Å². The van der Waals surface area contributed by atoms with E-state index in [2.05, 4.69) is 35.8 Å². The Morgan fingerprint density at radius 3 is 2.60 bits per heavy atom. The van der Waals surface area contributed by atoms with Gasteiger partial charge in [-0.15, -0.1) is 0 Å². The Balaban J connectivity index is 1.69. The number of hydrogen-bond donors (Lipinski definition) is 1. The quantitative estimate of drug-likeness (QED) is 0.793. The van der Waals surface area contributed by atoms with Gasteiger partial charge in [0.2, 0.25) is 0 Å². The van der Waals surface area contributed by atoms with Crippen molar-refractivity contribution in [1.82, 2.24) is 10.2 Å². The fraction of sp³-hybridized carbons (Fsp3) is 1.00. The predicted octanol–water partition coefficient (Wildman–Crippen LogP) is 1.81. The highest BCUT2D eigenvalue weighted by atomic mass is 32.2. The van der Waals surface area contributed by atoms with Crippen LogP contribution < -0.4 is 5.32 Å². The fourth-order valence-electron chi connectivity index (χ4n) is 2.79. The van der Waals surface area contributed by atoms with Gasteiger partial charge in [0, 0.05) is 23.6 Å². The number of thioether (sulfide) groups is 1. The van der Waals surface area contributed by atoms with Crippen molar-refractivity contribution in [3.05, 3.63) is 0 Å². The Hall–Kier alpha value is 0.270. The van der Waals surface area contributed by atoms with E-state index < -0.39 is 0 Å². The molecule has 0 bridgehead atoms. The van der Waals surface area contributed by atoms with Gasteiger partial charge >= 0.3 is 0 Å². The van der Waals surface area contributed by atoms with Gasteiger partial charge in [-0.1, -0.05) is 13.8 Å².